The van der Waals surface area contributed by atoms with Gasteiger partial charge >= 0.3 is 0 Å². The van der Waals surface area contributed by atoms with Crippen molar-refractivity contribution >= 4 is 57.7 Å². The van der Waals surface area contributed by atoms with Gasteiger partial charge in [-0.15, -0.1) is 0 Å². The number of rotatable bonds is 9. The van der Waals surface area contributed by atoms with Gasteiger partial charge in [-0.25, -0.2) is 14.6 Å². The van der Waals surface area contributed by atoms with Crippen molar-refractivity contribution in [3.8, 4) is 11.4 Å². The number of imidazole rings is 1. The Morgan fingerprint density at radius 3 is 2.51 bits per heavy atom. The highest BCUT2D eigenvalue weighted by Gasteiger charge is 2.26. The largest absolute Gasteiger partial charge is 0.495 e. The van der Waals surface area contributed by atoms with Crippen molar-refractivity contribution in [3.63, 3.8) is 0 Å². The number of H-pyrrole nitrogens is 1. The Morgan fingerprint density at radius 1 is 1.07 bits per heavy atom. The Morgan fingerprint density at radius 2 is 1.84 bits per heavy atom. The number of nitrogens with zero attached hydrogens (tertiary/aromatic N) is 4. The SMILES string of the molecule is COc1cc2nc([C@@H](CNC(=O)c3c(Cl)cc(-n4cnc(C)n4)cc3Cl)c3cccc(C(=O)NC4CC4)c3)[nH]c2cc1Cl. The molecule has 0 radical (unpaired) electrons. The first-order chi connectivity index (χ1) is 20.7. The van der Waals surface area contributed by atoms with Crippen molar-refractivity contribution in [2.75, 3.05) is 13.7 Å². The molecule has 13 heteroatoms. The predicted molar refractivity (Wildman–Crippen MR) is 165 cm³/mol. The van der Waals surface area contributed by atoms with Crippen molar-refractivity contribution in [1.29, 1.82) is 0 Å². The number of amides is 2. The van der Waals surface area contributed by atoms with E-state index in [0.717, 1.165) is 18.4 Å². The summed E-state index contributed by atoms with van der Waals surface area (Å²) in [6, 6.07) is 14.2. The topological polar surface area (TPSA) is 127 Å². The number of aryl methyl sites for hydroxylation is 1. The van der Waals surface area contributed by atoms with Gasteiger partial charge in [-0.1, -0.05) is 46.9 Å². The summed E-state index contributed by atoms with van der Waals surface area (Å²) in [6.07, 6.45) is 3.50. The molecule has 1 atom stereocenters. The fraction of sp³-hybridized carbons (Fsp3) is 0.233. The van der Waals surface area contributed by atoms with E-state index in [1.54, 1.807) is 37.3 Å². The second kappa shape index (κ2) is 11.9. The zero-order valence-corrected chi connectivity index (χ0v) is 25.4. The van der Waals surface area contributed by atoms with Crippen LogP contribution in [-0.4, -0.2) is 56.2 Å². The number of carbonyl (C=O) groups excluding carboxylic acids is 2. The van der Waals surface area contributed by atoms with Gasteiger partial charge in [0.05, 0.1) is 50.4 Å². The molecule has 2 aromatic heterocycles. The second-order valence-electron chi connectivity index (χ2n) is 10.3. The summed E-state index contributed by atoms with van der Waals surface area (Å²) in [4.78, 5) is 38.5. The molecule has 0 aliphatic heterocycles. The lowest BCUT2D eigenvalue weighted by Gasteiger charge is -2.18. The van der Waals surface area contributed by atoms with Crippen molar-refractivity contribution in [2.45, 2.75) is 31.7 Å². The summed E-state index contributed by atoms with van der Waals surface area (Å²) >= 11 is 19.4. The van der Waals surface area contributed by atoms with Crippen molar-refractivity contribution in [3.05, 3.63) is 98.3 Å². The van der Waals surface area contributed by atoms with E-state index in [9.17, 15) is 9.59 Å². The highest BCUT2D eigenvalue weighted by Crippen LogP contribution is 2.32. The first kappa shape index (κ1) is 29.0. The first-order valence-electron chi connectivity index (χ1n) is 13.5. The maximum Gasteiger partial charge on any atom is 0.254 e. The van der Waals surface area contributed by atoms with Gasteiger partial charge in [0.25, 0.3) is 11.8 Å². The van der Waals surface area contributed by atoms with Gasteiger partial charge in [-0.05, 0) is 55.7 Å². The maximum absolute atomic E-state index is 13.5. The number of hydrogen-bond acceptors (Lipinski definition) is 6. The molecule has 0 saturated heterocycles. The standard InChI is InChI=1S/C30H26Cl3N7O3/c1-15-35-14-40(39-15)19-9-22(32)27(23(33)10-19)30(42)34-13-20(16-4-3-5-17(8-16)29(41)36-18-6-7-18)28-37-24-11-21(31)26(43-2)12-25(24)38-28/h3-5,8-12,14,18,20H,6-7,13H2,1-2H3,(H,34,42)(H,36,41)(H,37,38)/t20-/m0/s1. The molecule has 6 rings (SSSR count). The molecule has 1 saturated carbocycles. The molecule has 0 spiro atoms. The smallest absolute Gasteiger partial charge is 0.254 e. The Labute approximate surface area is 261 Å². The van der Waals surface area contributed by atoms with Gasteiger partial charge in [-0.2, -0.15) is 5.10 Å². The van der Waals surface area contributed by atoms with Crippen molar-refractivity contribution in [1.82, 2.24) is 35.4 Å². The summed E-state index contributed by atoms with van der Waals surface area (Å²) < 4.78 is 6.88. The second-order valence-corrected chi connectivity index (χ2v) is 11.5. The van der Waals surface area contributed by atoms with Crippen LogP contribution in [0, 0.1) is 6.92 Å². The molecule has 0 bridgehead atoms. The Balaban J connectivity index is 1.32. The number of aromatic amines is 1. The lowest BCUT2D eigenvalue weighted by molar-refractivity contribution is 0.0942. The molecule has 10 nitrogen and oxygen atoms in total. The van der Waals surface area contributed by atoms with Crippen LogP contribution in [0.2, 0.25) is 15.1 Å². The Hall–Kier alpha value is -4.12. The van der Waals surface area contributed by atoms with Crippen LogP contribution in [0.4, 0.5) is 0 Å². The minimum atomic E-state index is -0.468. The lowest BCUT2D eigenvalue weighted by Crippen LogP contribution is -2.30. The van der Waals surface area contributed by atoms with Crippen LogP contribution in [0.25, 0.3) is 16.7 Å². The quantitative estimate of drug-likeness (QED) is 0.185. The molecule has 2 amide bonds. The van der Waals surface area contributed by atoms with Gasteiger partial charge in [0, 0.05) is 24.2 Å². The fourth-order valence-corrected chi connectivity index (χ4v) is 5.67. The molecular formula is C30H26Cl3N7O3. The number of benzene rings is 3. The molecule has 5 aromatic rings. The van der Waals surface area contributed by atoms with E-state index < -0.39 is 11.8 Å². The van der Waals surface area contributed by atoms with E-state index in [1.807, 2.05) is 18.2 Å². The maximum atomic E-state index is 13.5. The van der Waals surface area contributed by atoms with Crippen LogP contribution in [0.1, 0.15) is 56.7 Å². The number of hydrogen-bond donors (Lipinski definition) is 3. The van der Waals surface area contributed by atoms with Crippen LogP contribution in [-0.2, 0) is 0 Å². The molecule has 2 heterocycles. The zero-order valence-electron chi connectivity index (χ0n) is 23.1. The average Bonchev–Trinajstić information content (AvgIpc) is 3.53. The number of methoxy groups -OCH3 is 1. The first-order valence-corrected chi connectivity index (χ1v) is 14.6. The highest BCUT2D eigenvalue weighted by molar-refractivity contribution is 6.40. The molecule has 3 aromatic carbocycles. The van der Waals surface area contributed by atoms with Gasteiger partial charge in [0.15, 0.2) is 0 Å². The molecule has 1 aliphatic rings. The van der Waals surface area contributed by atoms with E-state index in [1.165, 1.54) is 18.1 Å². The monoisotopic (exact) mass is 637 g/mol. The minimum absolute atomic E-state index is 0.119. The molecule has 1 aliphatic carbocycles. The van der Waals surface area contributed by atoms with Crippen molar-refractivity contribution in [2.24, 2.45) is 0 Å². The summed E-state index contributed by atoms with van der Waals surface area (Å²) in [5.74, 6) is 0.558. The molecular weight excluding hydrogens is 613 g/mol. The fourth-order valence-electron chi connectivity index (χ4n) is 4.78. The number of nitrogens with one attached hydrogen (secondary N) is 3. The van der Waals surface area contributed by atoms with Crippen LogP contribution in [0.5, 0.6) is 5.75 Å². The average molecular weight is 639 g/mol. The van der Waals surface area contributed by atoms with E-state index in [4.69, 9.17) is 44.5 Å². The number of ether oxygens (including phenoxy) is 1. The summed E-state index contributed by atoms with van der Waals surface area (Å²) in [5.41, 5.74) is 3.33. The Kier molecular flexibility index (Phi) is 8.00. The highest BCUT2D eigenvalue weighted by atomic mass is 35.5. The summed E-state index contributed by atoms with van der Waals surface area (Å²) in [6.45, 7) is 1.88. The third-order valence-electron chi connectivity index (χ3n) is 7.16. The lowest BCUT2D eigenvalue weighted by atomic mass is 9.96. The normalized spacial score (nSPS) is 13.6. The van der Waals surface area contributed by atoms with Crippen LogP contribution < -0.4 is 15.4 Å². The van der Waals surface area contributed by atoms with E-state index in [0.29, 0.717) is 44.7 Å². The molecule has 0 unspecified atom stereocenters. The van der Waals surface area contributed by atoms with Crippen LogP contribution >= 0.6 is 34.8 Å². The molecule has 220 valence electrons. The van der Waals surface area contributed by atoms with Crippen LogP contribution in [0.15, 0.2) is 54.9 Å². The van der Waals surface area contributed by atoms with E-state index in [2.05, 4.69) is 25.7 Å². The third-order valence-corrected chi connectivity index (χ3v) is 8.05. The summed E-state index contributed by atoms with van der Waals surface area (Å²) in [7, 11) is 1.53. The molecule has 1 fully saturated rings. The van der Waals surface area contributed by atoms with Gasteiger partial charge < -0.3 is 20.4 Å². The Bertz CT molecular complexity index is 1840. The number of fused-ring (bicyclic) bond motifs is 1. The van der Waals surface area contributed by atoms with Crippen molar-refractivity contribution < 1.29 is 14.3 Å². The summed E-state index contributed by atoms with van der Waals surface area (Å²) in [5, 5.41) is 11.0. The van der Waals surface area contributed by atoms with E-state index in [-0.39, 0.29) is 34.1 Å². The number of carbonyl (C=O) groups is 2. The van der Waals surface area contributed by atoms with Gasteiger partial charge in [0.1, 0.15) is 23.7 Å². The third kappa shape index (κ3) is 6.17. The predicted octanol–water partition coefficient (Wildman–Crippen LogP) is 5.87. The zero-order chi connectivity index (χ0) is 30.2. The number of halogens is 3. The van der Waals surface area contributed by atoms with Gasteiger partial charge in [0.2, 0.25) is 0 Å². The number of aromatic nitrogens is 5. The molecule has 43 heavy (non-hydrogen) atoms. The van der Waals surface area contributed by atoms with Crippen LogP contribution in [0.3, 0.4) is 0 Å². The molecule has 3 N–H and O–H groups in total. The minimum Gasteiger partial charge on any atom is -0.495 e. The van der Waals surface area contributed by atoms with Gasteiger partial charge in [-0.3, -0.25) is 9.59 Å². The van der Waals surface area contributed by atoms with E-state index >= 15 is 0 Å².